The van der Waals surface area contributed by atoms with E-state index in [1.807, 2.05) is 35.2 Å². The first-order chi connectivity index (χ1) is 14.3. The molecule has 1 unspecified atom stereocenters. The summed E-state index contributed by atoms with van der Waals surface area (Å²) in [6.45, 7) is 4.64. The molecule has 6 nitrogen and oxygen atoms in total. The molecular formula is C23H29N5O. The Kier molecular flexibility index (Phi) is 6.08. The Bertz CT molecular complexity index is 916. The van der Waals surface area contributed by atoms with Crippen LogP contribution in [0.15, 0.2) is 48.7 Å². The molecular weight excluding hydrogens is 362 g/mol. The topological polar surface area (TPSA) is 66.8 Å². The van der Waals surface area contributed by atoms with Crippen LogP contribution < -0.4 is 0 Å². The van der Waals surface area contributed by atoms with Crippen LogP contribution in [0.25, 0.3) is 11.4 Å². The Morgan fingerprint density at radius 3 is 2.76 bits per heavy atom. The number of H-pyrrole nitrogens is 1. The second kappa shape index (κ2) is 9.07. The van der Waals surface area contributed by atoms with Crippen LogP contribution >= 0.6 is 0 Å². The third kappa shape index (κ3) is 4.42. The number of rotatable bonds is 6. The number of aromatic amines is 1. The fourth-order valence-corrected chi connectivity index (χ4v) is 4.03. The summed E-state index contributed by atoms with van der Waals surface area (Å²) in [6, 6.07) is 13.9. The van der Waals surface area contributed by atoms with E-state index in [0.717, 1.165) is 69.0 Å². The number of likely N-dealkylation sites (tertiary alicyclic amines) is 1. The molecule has 4 rings (SSSR count). The second-order valence-electron chi connectivity index (χ2n) is 7.74. The Morgan fingerprint density at radius 1 is 1.14 bits per heavy atom. The molecule has 1 amide bonds. The molecule has 3 heterocycles. The van der Waals surface area contributed by atoms with Crippen molar-refractivity contribution in [1.82, 2.24) is 24.6 Å². The smallest absolute Gasteiger partial charge is 0.270 e. The van der Waals surface area contributed by atoms with E-state index in [4.69, 9.17) is 10.1 Å². The van der Waals surface area contributed by atoms with E-state index >= 15 is 0 Å². The number of amides is 1. The number of benzene rings is 1. The lowest BCUT2D eigenvalue weighted by molar-refractivity contribution is 0.0756. The van der Waals surface area contributed by atoms with Gasteiger partial charge in [0.1, 0.15) is 11.5 Å². The summed E-state index contributed by atoms with van der Waals surface area (Å²) in [7, 11) is 0. The van der Waals surface area contributed by atoms with Crippen molar-refractivity contribution in [1.29, 1.82) is 0 Å². The van der Waals surface area contributed by atoms with E-state index in [-0.39, 0.29) is 5.91 Å². The van der Waals surface area contributed by atoms with E-state index in [1.165, 1.54) is 0 Å². The van der Waals surface area contributed by atoms with Crippen LogP contribution in [-0.2, 0) is 6.54 Å². The molecule has 0 saturated carbocycles. The third-order valence-corrected chi connectivity index (χ3v) is 5.66. The van der Waals surface area contributed by atoms with Crippen molar-refractivity contribution in [2.75, 3.05) is 13.1 Å². The van der Waals surface area contributed by atoms with Gasteiger partial charge in [-0.05, 0) is 37.8 Å². The van der Waals surface area contributed by atoms with Crippen molar-refractivity contribution in [3.8, 4) is 11.4 Å². The van der Waals surface area contributed by atoms with Crippen LogP contribution in [0, 0.1) is 0 Å². The van der Waals surface area contributed by atoms with Crippen LogP contribution in [0.4, 0.5) is 0 Å². The predicted molar refractivity (Wildman–Crippen MR) is 114 cm³/mol. The predicted octanol–water partition coefficient (Wildman–Crippen LogP) is 4.48. The number of nitrogens with zero attached hydrogens (tertiary/aromatic N) is 4. The van der Waals surface area contributed by atoms with Gasteiger partial charge >= 0.3 is 0 Å². The van der Waals surface area contributed by atoms with Gasteiger partial charge in [-0.3, -0.25) is 4.79 Å². The summed E-state index contributed by atoms with van der Waals surface area (Å²) in [6.07, 6.45) is 6.96. The molecule has 1 saturated heterocycles. The first-order valence-electron chi connectivity index (χ1n) is 10.7. The summed E-state index contributed by atoms with van der Waals surface area (Å²) in [4.78, 5) is 22.7. The van der Waals surface area contributed by atoms with Gasteiger partial charge in [0.15, 0.2) is 5.82 Å². The maximum absolute atomic E-state index is 12.7. The molecule has 1 aromatic carbocycles. The average molecular weight is 392 g/mol. The van der Waals surface area contributed by atoms with E-state index < -0.39 is 0 Å². The summed E-state index contributed by atoms with van der Waals surface area (Å²) < 4.78 is 2.11. The molecule has 0 spiro atoms. The number of aromatic nitrogens is 4. The quantitative estimate of drug-likeness (QED) is 0.673. The highest BCUT2D eigenvalue weighted by molar-refractivity contribution is 5.92. The number of nitrogens with one attached hydrogen (secondary N) is 1. The highest BCUT2D eigenvalue weighted by atomic mass is 16.2. The van der Waals surface area contributed by atoms with Gasteiger partial charge in [-0.1, -0.05) is 43.7 Å². The molecule has 1 aliphatic heterocycles. The zero-order valence-electron chi connectivity index (χ0n) is 17.1. The third-order valence-electron chi connectivity index (χ3n) is 5.66. The summed E-state index contributed by atoms with van der Waals surface area (Å²) in [5, 5.41) is 4.84. The van der Waals surface area contributed by atoms with Gasteiger partial charge in [0.2, 0.25) is 0 Å². The van der Waals surface area contributed by atoms with Crippen LogP contribution in [0.1, 0.15) is 61.3 Å². The van der Waals surface area contributed by atoms with Crippen molar-refractivity contribution in [3.63, 3.8) is 0 Å². The largest absolute Gasteiger partial charge is 0.357 e. The maximum Gasteiger partial charge on any atom is 0.270 e. The molecule has 29 heavy (non-hydrogen) atoms. The number of hydrogen-bond donors (Lipinski definition) is 1. The van der Waals surface area contributed by atoms with Crippen molar-refractivity contribution < 1.29 is 4.79 Å². The van der Waals surface area contributed by atoms with Gasteiger partial charge in [0.05, 0.1) is 0 Å². The summed E-state index contributed by atoms with van der Waals surface area (Å²) >= 11 is 0. The minimum Gasteiger partial charge on any atom is -0.357 e. The van der Waals surface area contributed by atoms with Gasteiger partial charge in [-0.15, -0.1) is 0 Å². The molecule has 1 N–H and O–H groups in total. The highest BCUT2D eigenvalue weighted by Gasteiger charge is 2.26. The minimum absolute atomic E-state index is 0.0908. The average Bonchev–Trinajstić information content (AvgIpc) is 3.38. The van der Waals surface area contributed by atoms with E-state index in [2.05, 4.69) is 28.7 Å². The second-order valence-corrected chi connectivity index (χ2v) is 7.74. The maximum atomic E-state index is 12.7. The molecule has 1 aliphatic rings. The molecule has 0 bridgehead atoms. The van der Waals surface area contributed by atoms with Gasteiger partial charge in [0, 0.05) is 37.3 Å². The van der Waals surface area contributed by atoms with Gasteiger partial charge < -0.3 is 9.88 Å². The lowest BCUT2D eigenvalue weighted by Gasteiger charge is -2.20. The fraction of sp³-hybridized carbons (Fsp3) is 0.435. The zero-order chi connectivity index (χ0) is 20.1. The Labute approximate surface area is 172 Å². The minimum atomic E-state index is 0.0908. The standard InChI is InChI=1S/C23H29N5O/c1-2-3-16-28-22(25-21(26-28)18-9-5-4-6-10-18)19-11-8-15-27(17-13-19)23(29)20-12-7-14-24-20/h4-7,9-10,12,14,19,24H,2-3,8,11,13,15-17H2,1H3. The molecule has 0 radical (unpaired) electrons. The normalized spacial score (nSPS) is 17.3. The van der Waals surface area contributed by atoms with Crippen LogP contribution in [0.3, 0.4) is 0 Å². The van der Waals surface area contributed by atoms with Crippen molar-refractivity contribution >= 4 is 5.91 Å². The van der Waals surface area contributed by atoms with E-state index in [9.17, 15) is 4.79 Å². The lowest BCUT2D eigenvalue weighted by Crippen LogP contribution is -2.32. The van der Waals surface area contributed by atoms with E-state index in [1.54, 1.807) is 6.20 Å². The van der Waals surface area contributed by atoms with Gasteiger partial charge in [0.25, 0.3) is 5.91 Å². The number of aryl methyl sites for hydroxylation is 1. The van der Waals surface area contributed by atoms with Gasteiger partial charge in [-0.2, -0.15) is 5.10 Å². The molecule has 0 aliphatic carbocycles. The first kappa shape index (κ1) is 19.4. The van der Waals surface area contributed by atoms with Crippen molar-refractivity contribution in [2.45, 2.75) is 51.5 Å². The molecule has 2 aromatic heterocycles. The summed E-state index contributed by atoms with van der Waals surface area (Å²) in [5.41, 5.74) is 1.72. The zero-order valence-corrected chi connectivity index (χ0v) is 17.1. The molecule has 1 atom stereocenters. The van der Waals surface area contributed by atoms with Gasteiger partial charge in [-0.25, -0.2) is 9.67 Å². The molecule has 3 aromatic rings. The lowest BCUT2D eigenvalue weighted by atomic mass is 10.00. The Morgan fingerprint density at radius 2 is 2.00 bits per heavy atom. The molecule has 152 valence electrons. The monoisotopic (exact) mass is 391 g/mol. The van der Waals surface area contributed by atoms with E-state index in [0.29, 0.717) is 11.6 Å². The SMILES string of the molecule is CCCCn1nc(-c2ccccc2)nc1C1CCCN(C(=O)c2ccc[nH]2)CC1. The van der Waals surface area contributed by atoms with Crippen LogP contribution in [0.2, 0.25) is 0 Å². The van der Waals surface area contributed by atoms with Crippen LogP contribution in [0.5, 0.6) is 0 Å². The van der Waals surface area contributed by atoms with Crippen molar-refractivity contribution in [3.05, 3.63) is 60.2 Å². The number of carbonyl (C=O) groups is 1. The molecule has 6 heteroatoms. The van der Waals surface area contributed by atoms with Crippen LogP contribution in [-0.4, -0.2) is 43.6 Å². The number of hydrogen-bond acceptors (Lipinski definition) is 3. The first-order valence-corrected chi connectivity index (χ1v) is 10.7. The highest BCUT2D eigenvalue weighted by Crippen LogP contribution is 2.29. The molecule has 1 fully saturated rings. The number of carbonyl (C=O) groups excluding carboxylic acids is 1. The van der Waals surface area contributed by atoms with Crippen molar-refractivity contribution in [2.24, 2.45) is 0 Å². The Hall–Kier alpha value is -2.89. The Balaban J connectivity index is 1.53. The number of unbranched alkanes of at least 4 members (excludes halogenated alkanes) is 1. The summed E-state index contributed by atoms with van der Waals surface area (Å²) in [5.74, 6) is 2.30. The fourth-order valence-electron chi connectivity index (χ4n) is 4.03.